The molecule has 0 aliphatic rings. The van der Waals surface area contributed by atoms with Gasteiger partial charge in [-0.05, 0) is 17.7 Å². The third-order valence-electron chi connectivity index (χ3n) is 3.91. The Morgan fingerprint density at radius 1 is 1.07 bits per heavy atom. The van der Waals surface area contributed by atoms with Crippen LogP contribution in [-0.2, 0) is 11.3 Å². The normalized spacial score (nSPS) is 10.3. The van der Waals surface area contributed by atoms with Crippen LogP contribution in [-0.4, -0.2) is 45.5 Å². The van der Waals surface area contributed by atoms with Gasteiger partial charge in [0.25, 0.3) is 11.5 Å². The predicted molar refractivity (Wildman–Crippen MR) is 106 cm³/mol. The number of carbonyl (C=O) groups is 2. The van der Waals surface area contributed by atoms with Crippen LogP contribution in [0.1, 0.15) is 16.1 Å². The number of anilines is 1. The van der Waals surface area contributed by atoms with Crippen molar-refractivity contribution >= 4 is 17.7 Å². The lowest BCUT2D eigenvalue weighted by atomic mass is 10.2. The summed E-state index contributed by atoms with van der Waals surface area (Å²) in [4.78, 5) is 46.1. The van der Waals surface area contributed by atoms with Crippen LogP contribution in [0, 0.1) is 0 Å². The van der Waals surface area contributed by atoms with Crippen molar-refractivity contribution in [3.8, 4) is 5.82 Å². The summed E-state index contributed by atoms with van der Waals surface area (Å²) in [7, 11) is 3.21. The summed E-state index contributed by atoms with van der Waals surface area (Å²) in [6.45, 7) is 0.0839. The first kappa shape index (κ1) is 19.7. The molecule has 0 saturated carbocycles. The van der Waals surface area contributed by atoms with Crippen LogP contribution in [0.3, 0.4) is 0 Å². The smallest absolute Gasteiger partial charge is 0.412 e. The highest BCUT2D eigenvalue weighted by molar-refractivity contribution is 5.91. The van der Waals surface area contributed by atoms with Crippen LogP contribution in [0.4, 0.5) is 10.5 Å². The lowest BCUT2D eigenvalue weighted by molar-refractivity contribution is 0.0821. The van der Waals surface area contributed by atoms with Crippen molar-refractivity contribution in [1.29, 1.82) is 0 Å². The molecule has 0 unspecified atom stereocenters. The van der Waals surface area contributed by atoms with E-state index in [4.69, 9.17) is 4.74 Å². The predicted octanol–water partition coefficient (Wildman–Crippen LogP) is 2.08. The van der Waals surface area contributed by atoms with Gasteiger partial charge < -0.3 is 9.64 Å². The number of pyridine rings is 1. The third-order valence-corrected chi connectivity index (χ3v) is 3.91. The van der Waals surface area contributed by atoms with Gasteiger partial charge in [-0.15, -0.1) is 0 Å². The van der Waals surface area contributed by atoms with Gasteiger partial charge in [-0.1, -0.05) is 30.3 Å². The second-order valence-corrected chi connectivity index (χ2v) is 6.24. The van der Waals surface area contributed by atoms with Gasteiger partial charge in [-0.25, -0.2) is 14.8 Å². The highest BCUT2D eigenvalue weighted by atomic mass is 16.5. The van der Waals surface area contributed by atoms with E-state index in [1.807, 2.05) is 30.3 Å². The molecular formula is C20H19N5O4. The van der Waals surface area contributed by atoms with Crippen molar-refractivity contribution in [2.24, 2.45) is 0 Å². The number of nitrogens with zero attached hydrogens (tertiary/aromatic N) is 4. The van der Waals surface area contributed by atoms with Gasteiger partial charge in [0.15, 0.2) is 5.82 Å². The van der Waals surface area contributed by atoms with Crippen molar-refractivity contribution in [1.82, 2.24) is 19.4 Å². The van der Waals surface area contributed by atoms with Crippen LogP contribution in [0.2, 0.25) is 0 Å². The van der Waals surface area contributed by atoms with Crippen molar-refractivity contribution < 1.29 is 14.3 Å². The van der Waals surface area contributed by atoms with Gasteiger partial charge in [0.1, 0.15) is 18.0 Å². The molecule has 1 N–H and O–H groups in total. The molecule has 0 spiro atoms. The number of hydrogen-bond acceptors (Lipinski definition) is 6. The molecule has 0 radical (unpaired) electrons. The summed E-state index contributed by atoms with van der Waals surface area (Å²) >= 11 is 0. The van der Waals surface area contributed by atoms with E-state index >= 15 is 0 Å². The van der Waals surface area contributed by atoms with Gasteiger partial charge in [0, 0.05) is 20.3 Å². The Labute approximate surface area is 166 Å². The van der Waals surface area contributed by atoms with E-state index in [1.54, 1.807) is 20.2 Å². The fraction of sp³-hybridized carbons (Fsp3) is 0.150. The summed E-state index contributed by atoms with van der Waals surface area (Å²) in [6, 6.07) is 12.2. The van der Waals surface area contributed by atoms with Gasteiger partial charge in [0.05, 0.1) is 12.4 Å². The standard InChI is InChI=1S/C20H19N5O4/c1-24(2)18(26)16-11-22-17(12-21-16)25-10-6-9-15(19(25)27)23-20(28)29-13-14-7-4-3-5-8-14/h3-12H,13H2,1-2H3,(H,23,28). The van der Waals surface area contributed by atoms with Gasteiger partial charge in [-0.3, -0.25) is 19.5 Å². The molecule has 9 nitrogen and oxygen atoms in total. The number of nitrogens with one attached hydrogen (secondary N) is 1. The zero-order valence-corrected chi connectivity index (χ0v) is 15.9. The average Bonchev–Trinajstić information content (AvgIpc) is 2.74. The van der Waals surface area contributed by atoms with E-state index < -0.39 is 11.7 Å². The van der Waals surface area contributed by atoms with E-state index in [2.05, 4.69) is 15.3 Å². The molecule has 2 aromatic heterocycles. The lowest BCUT2D eigenvalue weighted by Gasteiger charge is -2.11. The minimum absolute atomic E-state index is 0.0285. The molecule has 0 saturated heterocycles. The second kappa shape index (κ2) is 8.79. The number of benzene rings is 1. The Balaban J connectivity index is 1.73. The largest absolute Gasteiger partial charge is 0.444 e. The molecule has 0 aliphatic heterocycles. The third kappa shape index (κ3) is 4.83. The van der Waals surface area contributed by atoms with Gasteiger partial charge in [-0.2, -0.15) is 0 Å². The Bertz CT molecular complexity index is 1060. The topological polar surface area (TPSA) is 106 Å². The molecule has 2 amide bonds. The summed E-state index contributed by atoms with van der Waals surface area (Å²) in [5.74, 6) is -0.0837. The minimum atomic E-state index is -0.748. The SMILES string of the molecule is CN(C)C(=O)c1cnc(-n2cccc(NC(=O)OCc3ccccc3)c2=O)cn1. The maximum Gasteiger partial charge on any atom is 0.412 e. The lowest BCUT2D eigenvalue weighted by Crippen LogP contribution is -2.26. The van der Waals surface area contributed by atoms with E-state index in [9.17, 15) is 14.4 Å². The number of aromatic nitrogens is 3. The molecule has 2 heterocycles. The molecule has 0 fully saturated rings. The van der Waals surface area contributed by atoms with Crippen molar-refractivity contribution in [2.45, 2.75) is 6.61 Å². The summed E-state index contributed by atoms with van der Waals surface area (Å²) in [5, 5.41) is 2.43. The summed E-state index contributed by atoms with van der Waals surface area (Å²) in [5.41, 5.74) is 0.507. The van der Waals surface area contributed by atoms with Crippen LogP contribution in [0.5, 0.6) is 0 Å². The Kier molecular flexibility index (Phi) is 5.98. The van der Waals surface area contributed by atoms with Gasteiger partial charge in [0.2, 0.25) is 0 Å². The van der Waals surface area contributed by atoms with Crippen LogP contribution in [0.25, 0.3) is 5.82 Å². The highest BCUT2D eigenvalue weighted by Gasteiger charge is 2.13. The summed E-state index contributed by atoms with van der Waals surface area (Å²) < 4.78 is 6.34. The Hall–Kier alpha value is -4.01. The van der Waals surface area contributed by atoms with E-state index in [0.717, 1.165) is 5.56 Å². The van der Waals surface area contributed by atoms with Crippen LogP contribution >= 0.6 is 0 Å². The number of hydrogen-bond donors (Lipinski definition) is 1. The highest BCUT2D eigenvalue weighted by Crippen LogP contribution is 2.07. The van der Waals surface area contributed by atoms with Crippen molar-refractivity contribution in [3.05, 3.63) is 82.7 Å². The molecule has 29 heavy (non-hydrogen) atoms. The maximum absolute atomic E-state index is 12.7. The van der Waals surface area contributed by atoms with E-state index in [1.165, 1.54) is 34.1 Å². The summed E-state index contributed by atoms with van der Waals surface area (Å²) in [6.07, 6.45) is 3.34. The van der Waals surface area contributed by atoms with Gasteiger partial charge >= 0.3 is 6.09 Å². The second-order valence-electron chi connectivity index (χ2n) is 6.24. The monoisotopic (exact) mass is 393 g/mol. The molecule has 0 aliphatic carbocycles. The van der Waals surface area contributed by atoms with E-state index in [0.29, 0.717) is 0 Å². The first-order chi connectivity index (χ1) is 14.0. The number of ether oxygens (including phenoxy) is 1. The van der Waals surface area contributed by atoms with Crippen LogP contribution < -0.4 is 10.9 Å². The molecule has 0 bridgehead atoms. The quantitative estimate of drug-likeness (QED) is 0.711. The average molecular weight is 393 g/mol. The number of carbonyl (C=O) groups excluding carboxylic acids is 2. The van der Waals surface area contributed by atoms with E-state index in [-0.39, 0.29) is 29.7 Å². The Morgan fingerprint density at radius 3 is 2.48 bits per heavy atom. The molecular weight excluding hydrogens is 374 g/mol. The zero-order chi connectivity index (χ0) is 20.8. The molecule has 148 valence electrons. The zero-order valence-electron chi connectivity index (χ0n) is 15.9. The first-order valence-electron chi connectivity index (χ1n) is 8.69. The molecule has 3 aromatic rings. The Morgan fingerprint density at radius 2 is 1.83 bits per heavy atom. The van der Waals surface area contributed by atoms with Crippen molar-refractivity contribution in [2.75, 3.05) is 19.4 Å². The molecule has 1 aromatic carbocycles. The molecule has 3 rings (SSSR count). The van der Waals surface area contributed by atoms with Crippen LogP contribution in [0.15, 0.2) is 65.8 Å². The maximum atomic E-state index is 12.7. The fourth-order valence-corrected chi connectivity index (χ4v) is 2.42. The number of rotatable bonds is 5. The first-order valence-corrected chi connectivity index (χ1v) is 8.69. The van der Waals surface area contributed by atoms with Crippen molar-refractivity contribution in [3.63, 3.8) is 0 Å². The minimum Gasteiger partial charge on any atom is -0.444 e. The molecule has 0 atom stereocenters. The number of amides is 2. The fourth-order valence-electron chi connectivity index (χ4n) is 2.42. The molecule has 9 heteroatoms.